The van der Waals surface area contributed by atoms with Crippen molar-refractivity contribution in [2.75, 3.05) is 5.32 Å². The van der Waals surface area contributed by atoms with Crippen molar-refractivity contribution in [2.45, 2.75) is 45.1 Å². The second-order valence-electron chi connectivity index (χ2n) is 6.00. The molecule has 0 saturated heterocycles. The van der Waals surface area contributed by atoms with Gasteiger partial charge in [0.2, 0.25) is 5.91 Å². The topological polar surface area (TPSA) is 64.0 Å². The quantitative estimate of drug-likeness (QED) is 0.937. The number of rotatable bonds is 4. The number of amides is 1. The van der Waals surface area contributed by atoms with E-state index in [1.54, 1.807) is 4.68 Å². The molecule has 5 nitrogen and oxygen atoms in total. The van der Waals surface area contributed by atoms with Gasteiger partial charge in [-0.1, -0.05) is 24.6 Å². The van der Waals surface area contributed by atoms with Crippen LogP contribution >= 0.6 is 0 Å². The van der Waals surface area contributed by atoms with Crippen LogP contribution in [-0.2, 0) is 27.1 Å². The molecule has 0 saturated carbocycles. The lowest BCUT2D eigenvalue weighted by atomic mass is 10.1. The van der Waals surface area contributed by atoms with E-state index < -0.39 is 10.8 Å². The number of carbonyl (C=O) groups excluding carboxylic acids is 1. The molecule has 1 atom stereocenters. The number of nitrogens with one attached hydrogen (secondary N) is 1. The van der Waals surface area contributed by atoms with Crippen LogP contribution in [0, 0.1) is 13.8 Å². The third-order valence-corrected chi connectivity index (χ3v) is 5.19. The average molecular weight is 331 g/mol. The Morgan fingerprint density at radius 3 is 2.83 bits per heavy atom. The van der Waals surface area contributed by atoms with E-state index in [-0.39, 0.29) is 5.91 Å². The Labute approximate surface area is 138 Å². The van der Waals surface area contributed by atoms with Gasteiger partial charge >= 0.3 is 0 Å². The SMILES string of the molecule is CCCC(=O)Nc1c2c(nn1-c1ccc(C)cc1C)C[S@@](=O)C2. The molecule has 0 aliphatic carbocycles. The Hall–Kier alpha value is -1.95. The molecule has 122 valence electrons. The van der Waals surface area contributed by atoms with Crippen LogP contribution < -0.4 is 5.32 Å². The molecular weight excluding hydrogens is 310 g/mol. The lowest BCUT2D eigenvalue weighted by molar-refractivity contribution is -0.116. The van der Waals surface area contributed by atoms with Crippen molar-refractivity contribution in [1.82, 2.24) is 9.78 Å². The number of aromatic nitrogens is 2. The smallest absolute Gasteiger partial charge is 0.225 e. The maximum Gasteiger partial charge on any atom is 0.225 e. The maximum absolute atomic E-state index is 12.1. The molecule has 1 aliphatic heterocycles. The van der Waals surface area contributed by atoms with Crippen LogP contribution in [0.2, 0.25) is 0 Å². The zero-order valence-electron chi connectivity index (χ0n) is 13.7. The van der Waals surface area contributed by atoms with E-state index in [1.807, 2.05) is 32.9 Å². The molecule has 6 heteroatoms. The summed E-state index contributed by atoms with van der Waals surface area (Å²) < 4.78 is 13.6. The summed E-state index contributed by atoms with van der Waals surface area (Å²) in [6, 6.07) is 6.14. The first-order valence-corrected chi connectivity index (χ1v) is 9.31. The van der Waals surface area contributed by atoms with Gasteiger partial charge in [0.1, 0.15) is 5.82 Å². The minimum absolute atomic E-state index is 0.0288. The first-order chi connectivity index (χ1) is 11.0. The fraction of sp³-hybridized carbons (Fsp3) is 0.412. The number of hydrogen-bond donors (Lipinski definition) is 1. The van der Waals surface area contributed by atoms with Crippen molar-refractivity contribution in [3.8, 4) is 5.69 Å². The Morgan fingerprint density at radius 1 is 1.35 bits per heavy atom. The van der Waals surface area contributed by atoms with Crippen molar-refractivity contribution in [3.63, 3.8) is 0 Å². The number of benzene rings is 1. The maximum atomic E-state index is 12.1. The summed E-state index contributed by atoms with van der Waals surface area (Å²) in [7, 11) is -0.918. The Bertz CT molecular complexity index is 795. The largest absolute Gasteiger partial charge is 0.310 e. The van der Waals surface area contributed by atoms with Crippen LogP contribution in [0.1, 0.15) is 42.1 Å². The summed E-state index contributed by atoms with van der Waals surface area (Å²) in [6.45, 7) is 6.05. The molecule has 1 aromatic carbocycles. The highest BCUT2D eigenvalue weighted by molar-refractivity contribution is 7.83. The fourth-order valence-electron chi connectivity index (χ4n) is 2.90. The summed E-state index contributed by atoms with van der Waals surface area (Å²) in [4.78, 5) is 12.1. The summed E-state index contributed by atoms with van der Waals surface area (Å²) >= 11 is 0. The Balaban J connectivity index is 2.08. The van der Waals surface area contributed by atoms with E-state index >= 15 is 0 Å². The van der Waals surface area contributed by atoms with Gasteiger partial charge in [0, 0.05) is 22.8 Å². The summed E-state index contributed by atoms with van der Waals surface area (Å²) in [6.07, 6.45) is 1.26. The van der Waals surface area contributed by atoms with Crippen LogP contribution in [0.15, 0.2) is 18.2 Å². The second kappa shape index (κ2) is 6.28. The number of anilines is 1. The highest BCUT2D eigenvalue weighted by atomic mass is 32.2. The molecule has 3 rings (SSSR count). The molecule has 1 amide bonds. The van der Waals surface area contributed by atoms with Crippen molar-refractivity contribution in [1.29, 1.82) is 0 Å². The summed E-state index contributed by atoms with van der Waals surface area (Å²) in [5.41, 5.74) is 4.97. The van der Waals surface area contributed by atoms with Crippen molar-refractivity contribution in [2.24, 2.45) is 0 Å². The fourth-order valence-corrected chi connectivity index (χ4v) is 4.16. The summed E-state index contributed by atoms with van der Waals surface area (Å²) in [5.74, 6) is 1.57. The van der Waals surface area contributed by atoms with E-state index in [1.165, 1.54) is 5.56 Å². The predicted octanol–water partition coefficient (Wildman–Crippen LogP) is 2.99. The van der Waals surface area contributed by atoms with Crippen LogP contribution in [0.3, 0.4) is 0 Å². The molecule has 23 heavy (non-hydrogen) atoms. The van der Waals surface area contributed by atoms with E-state index in [9.17, 15) is 9.00 Å². The van der Waals surface area contributed by atoms with Crippen LogP contribution in [-0.4, -0.2) is 19.9 Å². The van der Waals surface area contributed by atoms with Crippen molar-refractivity contribution in [3.05, 3.63) is 40.6 Å². The van der Waals surface area contributed by atoms with Crippen LogP contribution in [0.5, 0.6) is 0 Å². The standard InChI is InChI=1S/C17H21N3O2S/c1-4-5-16(21)18-17-13-9-23(22)10-14(13)19-20(17)15-7-6-11(2)8-12(15)3/h6-8H,4-5,9-10H2,1-3H3,(H,18,21)/t23-/m0/s1. The minimum atomic E-state index is -0.918. The third-order valence-electron chi connectivity index (χ3n) is 3.99. The minimum Gasteiger partial charge on any atom is -0.310 e. The molecular formula is C17H21N3O2S. The summed E-state index contributed by atoms with van der Waals surface area (Å²) in [5, 5.41) is 7.60. The Kier molecular flexibility index (Phi) is 4.35. The number of hydrogen-bond acceptors (Lipinski definition) is 3. The molecule has 0 unspecified atom stereocenters. The van der Waals surface area contributed by atoms with E-state index in [4.69, 9.17) is 0 Å². The van der Waals surface area contributed by atoms with Crippen molar-refractivity contribution >= 4 is 22.5 Å². The van der Waals surface area contributed by atoms with Gasteiger partial charge in [-0.3, -0.25) is 9.00 Å². The molecule has 0 bridgehead atoms. The predicted molar refractivity (Wildman–Crippen MR) is 92.1 cm³/mol. The molecule has 0 spiro atoms. The zero-order chi connectivity index (χ0) is 16.6. The zero-order valence-corrected chi connectivity index (χ0v) is 14.5. The molecule has 0 fully saturated rings. The first kappa shape index (κ1) is 15.9. The molecule has 0 radical (unpaired) electrons. The van der Waals surface area contributed by atoms with Crippen molar-refractivity contribution < 1.29 is 9.00 Å². The van der Waals surface area contributed by atoms with Gasteiger partial charge in [0.05, 0.1) is 22.9 Å². The van der Waals surface area contributed by atoms with Gasteiger partial charge in [0.15, 0.2) is 0 Å². The molecule has 1 N–H and O–H groups in total. The second-order valence-corrected chi connectivity index (χ2v) is 7.46. The van der Waals surface area contributed by atoms with Gasteiger partial charge in [0.25, 0.3) is 0 Å². The highest BCUT2D eigenvalue weighted by Gasteiger charge is 2.28. The number of fused-ring (bicyclic) bond motifs is 1. The highest BCUT2D eigenvalue weighted by Crippen LogP contribution is 2.32. The normalized spacial score (nSPS) is 16.4. The number of aryl methyl sites for hydroxylation is 2. The molecule has 2 aromatic rings. The van der Waals surface area contributed by atoms with Gasteiger partial charge < -0.3 is 5.32 Å². The van der Waals surface area contributed by atoms with E-state index in [0.717, 1.165) is 28.9 Å². The van der Waals surface area contributed by atoms with Gasteiger partial charge in [-0.25, -0.2) is 4.68 Å². The lowest BCUT2D eigenvalue weighted by Gasteiger charge is -2.13. The molecule has 1 aliphatic rings. The average Bonchev–Trinajstić information content (AvgIpc) is 2.97. The van der Waals surface area contributed by atoms with Gasteiger partial charge in [-0.05, 0) is 31.9 Å². The van der Waals surface area contributed by atoms with Gasteiger partial charge in [-0.2, -0.15) is 5.10 Å². The molecule has 1 aromatic heterocycles. The number of carbonyl (C=O) groups is 1. The molecule has 2 heterocycles. The van der Waals surface area contributed by atoms with E-state index in [2.05, 4.69) is 16.5 Å². The van der Waals surface area contributed by atoms with Gasteiger partial charge in [-0.15, -0.1) is 0 Å². The first-order valence-electron chi connectivity index (χ1n) is 7.82. The van der Waals surface area contributed by atoms with Crippen LogP contribution in [0.4, 0.5) is 5.82 Å². The van der Waals surface area contributed by atoms with E-state index in [0.29, 0.717) is 23.7 Å². The van der Waals surface area contributed by atoms with Crippen LogP contribution in [0.25, 0.3) is 5.69 Å². The monoisotopic (exact) mass is 331 g/mol. The number of nitrogens with zero attached hydrogens (tertiary/aromatic N) is 2. The Morgan fingerprint density at radius 2 is 2.13 bits per heavy atom. The third kappa shape index (κ3) is 3.08. The lowest BCUT2D eigenvalue weighted by Crippen LogP contribution is -2.16.